The van der Waals surface area contributed by atoms with E-state index in [1.54, 1.807) is 23.2 Å². The lowest BCUT2D eigenvalue weighted by molar-refractivity contribution is -0.121. The summed E-state index contributed by atoms with van der Waals surface area (Å²) in [6, 6.07) is 12.7. The number of fused-ring (bicyclic) bond motifs is 1. The Morgan fingerprint density at radius 1 is 1.07 bits per heavy atom. The van der Waals surface area contributed by atoms with Crippen LogP contribution < -0.4 is 10.2 Å². The molecular weight excluding hydrogens is 338 g/mol. The number of amides is 2. The number of rotatable bonds is 5. The zero-order chi connectivity index (χ0) is 18.6. The van der Waals surface area contributed by atoms with E-state index in [2.05, 4.69) is 10.3 Å². The van der Waals surface area contributed by atoms with Crippen LogP contribution in [0.3, 0.4) is 0 Å². The molecule has 140 valence electrons. The van der Waals surface area contributed by atoms with E-state index < -0.39 is 0 Å². The van der Waals surface area contributed by atoms with Crippen molar-refractivity contribution in [2.75, 3.05) is 11.4 Å². The zero-order valence-electron chi connectivity index (χ0n) is 15.4. The van der Waals surface area contributed by atoms with Gasteiger partial charge in [0, 0.05) is 18.4 Å². The third-order valence-corrected chi connectivity index (χ3v) is 5.64. The number of pyridine rings is 1. The smallest absolute Gasteiger partial charge is 0.260 e. The summed E-state index contributed by atoms with van der Waals surface area (Å²) in [6.07, 6.45) is 8.15. The highest BCUT2D eigenvalue weighted by atomic mass is 16.2. The van der Waals surface area contributed by atoms with Crippen LogP contribution in [0.4, 0.5) is 5.69 Å². The molecule has 4 rings (SSSR count). The molecule has 1 aliphatic carbocycles. The second-order valence-electron chi connectivity index (χ2n) is 7.47. The third-order valence-electron chi connectivity index (χ3n) is 5.64. The molecule has 5 nitrogen and oxygen atoms in total. The molecule has 2 heterocycles. The summed E-state index contributed by atoms with van der Waals surface area (Å²) < 4.78 is 0. The molecule has 2 aromatic rings. The molecule has 1 fully saturated rings. The number of nitrogens with one attached hydrogen (secondary N) is 1. The van der Waals surface area contributed by atoms with Gasteiger partial charge in [0.2, 0.25) is 5.91 Å². The summed E-state index contributed by atoms with van der Waals surface area (Å²) in [6.45, 7) is 0.736. The van der Waals surface area contributed by atoms with Gasteiger partial charge < -0.3 is 5.32 Å². The molecule has 0 unspecified atom stereocenters. The van der Waals surface area contributed by atoms with Crippen molar-refractivity contribution in [3.05, 3.63) is 59.9 Å². The van der Waals surface area contributed by atoms with Gasteiger partial charge in [-0.05, 0) is 43.0 Å². The second-order valence-corrected chi connectivity index (χ2v) is 7.47. The lowest BCUT2D eigenvalue weighted by Crippen LogP contribution is -2.35. The van der Waals surface area contributed by atoms with E-state index >= 15 is 0 Å². The van der Waals surface area contributed by atoms with Crippen LogP contribution in [0.15, 0.2) is 48.7 Å². The van der Waals surface area contributed by atoms with Gasteiger partial charge >= 0.3 is 0 Å². The monoisotopic (exact) mass is 363 g/mol. The molecule has 0 spiro atoms. The fourth-order valence-corrected chi connectivity index (χ4v) is 4.23. The van der Waals surface area contributed by atoms with E-state index in [0.29, 0.717) is 17.2 Å². The van der Waals surface area contributed by atoms with Crippen LogP contribution >= 0.6 is 0 Å². The van der Waals surface area contributed by atoms with Gasteiger partial charge in [0.05, 0.1) is 23.7 Å². The quantitative estimate of drug-likeness (QED) is 0.877. The van der Waals surface area contributed by atoms with Crippen molar-refractivity contribution < 1.29 is 9.59 Å². The van der Waals surface area contributed by atoms with Crippen molar-refractivity contribution in [1.29, 1.82) is 0 Å². The fourth-order valence-electron chi connectivity index (χ4n) is 4.23. The Bertz CT molecular complexity index is 815. The highest BCUT2D eigenvalue weighted by Gasteiger charge is 2.39. The Morgan fingerprint density at radius 2 is 1.85 bits per heavy atom. The average molecular weight is 363 g/mol. The van der Waals surface area contributed by atoms with Crippen LogP contribution in [-0.2, 0) is 4.79 Å². The van der Waals surface area contributed by atoms with Crippen LogP contribution in [0.2, 0.25) is 0 Å². The van der Waals surface area contributed by atoms with E-state index in [-0.39, 0.29) is 24.3 Å². The third kappa shape index (κ3) is 3.72. The first kappa shape index (κ1) is 17.7. The van der Waals surface area contributed by atoms with Gasteiger partial charge in [0.1, 0.15) is 0 Å². The number of para-hydroxylation sites is 1. The van der Waals surface area contributed by atoms with Crippen molar-refractivity contribution in [3.8, 4) is 0 Å². The summed E-state index contributed by atoms with van der Waals surface area (Å²) in [7, 11) is 0. The standard InChI is InChI=1S/C22H25N3O2/c26-20(24-15-16-8-3-1-4-9-16)14-19-21-18(12-7-13-23-21)22(27)25(19)17-10-5-2-6-11-17/h2,5-7,10-13,16,19H,1,3-4,8-9,14-15H2,(H,24,26)/t19-/m1/s1. The van der Waals surface area contributed by atoms with Crippen LogP contribution in [0.25, 0.3) is 0 Å². The van der Waals surface area contributed by atoms with Gasteiger partial charge in [-0.1, -0.05) is 37.5 Å². The molecule has 1 atom stereocenters. The molecule has 0 radical (unpaired) electrons. The number of hydrogen-bond acceptors (Lipinski definition) is 3. The Labute approximate surface area is 159 Å². The van der Waals surface area contributed by atoms with Crippen molar-refractivity contribution in [2.45, 2.75) is 44.6 Å². The van der Waals surface area contributed by atoms with Crippen LogP contribution in [0.1, 0.15) is 60.6 Å². The van der Waals surface area contributed by atoms with Gasteiger partial charge in [0.25, 0.3) is 5.91 Å². The lowest BCUT2D eigenvalue weighted by Gasteiger charge is -2.25. The average Bonchev–Trinajstić information content (AvgIpc) is 3.00. The number of hydrogen-bond donors (Lipinski definition) is 1. The topological polar surface area (TPSA) is 62.3 Å². The molecule has 0 bridgehead atoms. The second kappa shape index (κ2) is 7.91. The normalized spacial score (nSPS) is 19.8. The predicted molar refractivity (Wildman–Crippen MR) is 104 cm³/mol. The number of carbonyl (C=O) groups is 2. The highest BCUT2D eigenvalue weighted by molar-refractivity contribution is 6.11. The molecule has 2 amide bonds. The molecule has 27 heavy (non-hydrogen) atoms. The predicted octanol–water partition coefficient (Wildman–Crippen LogP) is 3.87. The summed E-state index contributed by atoms with van der Waals surface area (Å²) >= 11 is 0. The van der Waals surface area contributed by atoms with E-state index in [9.17, 15) is 9.59 Å². The fraction of sp³-hybridized carbons (Fsp3) is 0.409. The number of carbonyl (C=O) groups excluding carboxylic acids is 2. The summed E-state index contributed by atoms with van der Waals surface area (Å²) in [5.41, 5.74) is 2.08. The van der Waals surface area contributed by atoms with Crippen LogP contribution in [0.5, 0.6) is 0 Å². The van der Waals surface area contributed by atoms with E-state index in [4.69, 9.17) is 0 Å². The minimum absolute atomic E-state index is 0.0159. The number of benzene rings is 1. The van der Waals surface area contributed by atoms with Gasteiger partial charge in [-0.3, -0.25) is 19.5 Å². The first-order chi connectivity index (χ1) is 13.2. The van der Waals surface area contributed by atoms with Crippen molar-refractivity contribution in [1.82, 2.24) is 10.3 Å². The minimum Gasteiger partial charge on any atom is -0.356 e. The molecule has 1 aromatic carbocycles. The van der Waals surface area contributed by atoms with Crippen molar-refractivity contribution >= 4 is 17.5 Å². The summed E-state index contributed by atoms with van der Waals surface area (Å²) in [5.74, 6) is 0.482. The van der Waals surface area contributed by atoms with Gasteiger partial charge in [-0.25, -0.2) is 0 Å². The van der Waals surface area contributed by atoms with E-state index in [0.717, 1.165) is 12.2 Å². The van der Waals surface area contributed by atoms with Crippen LogP contribution in [-0.4, -0.2) is 23.3 Å². The van der Waals surface area contributed by atoms with E-state index in [1.807, 2.05) is 30.3 Å². The molecule has 1 aromatic heterocycles. The maximum atomic E-state index is 12.9. The molecule has 2 aliphatic rings. The largest absolute Gasteiger partial charge is 0.356 e. The first-order valence-corrected chi connectivity index (χ1v) is 9.84. The maximum absolute atomic E-state index is 12.9. The van der Waals surface area contributed by atoms with Gasteiger partial charge in [0.15, 0.2) is 0 Å². The summed E-state index contributed by atoms with van der Waals surface area (Å²) in [4.78, 5) is 31.7. The molecule has 1 saturated carbocycles. The molecule has 1 N–H and O–H groups in total. The number of aromatic nitrogens is 1. The first-order valence-electron chi connectivity index (χ1n) is 9.84. The minimum atomic E-state index is -0.359. The summed E-state index contributed by atoms with van der Waals surface area (Å²) in [5, 5.41) is 3.09. The number of nitrogens with zero attached hydrogens (tertiary/aromatic N) is 2. The van der Waals surface area contributed by atoms with Gasteiger partial charge in [-0.15, -0.1) is 0 Å². The van der Waals surface area contributed by atoms with Crippen molar-refractivity contribution in [2.24, 2.45) is 5.92 Å². The maximum Gasteiger partial charge on any atom is 0.260 e. The Balaban J connectivity index is 1.51. The SMILES string of the molecule is O=C(C[C@@H]1c2ncccc2C(=O)N1c1ccccc1)NCC1CCCCC1. The lowest BCUT2D eigenvalue weighted by atomic mass is 9.89. The Hall–Kier alpha value is -2.69. The van der Waals surface area contributed by atoms with Crippen molar-refractivity contribution in [3.63, 3.8) is 0 Å². The van der Waals surface area contributed by atoms with Crippen LogP contribution in [0, 0.1) is 5.92 Å². The molecule has 1 aliphatic heterocycles. The zero-order valence-corrected chi connectivity index (χ0v) is 15.4. The molecular formula is C22H25N3O2. The number of anilines is 1. The van der Waals surface area contributed by atoms with Gasteiger partial charge in [-0.2, -0.15) is 0 Å². The Kier molecular flexibility index (Phi) is 5.19. The molecule has 0 saturated heterocycles. The highest BCUT2D eigenvalue weighted by Crippen LogP contribution is 2.38. The molecule has 5 heteroatoms. The van der Waals surface area contributed by atoms with E-state index in [1.165, 1.54) is 32.1 Å². The Morgan fingerprint density at radius 3 is 2.63 bits per heavy atom.